The number of alkyl halides is 8. The van der Waals surface area contributed by atoms with Gasteiger partial charge in [-0.05, 0) is 25.7 Å². The van der Waals surface area contributed by atoms with E-state index in [9.17, 15) is 26.3 Å². The number of thiazole rings is 2. The zero-order chi connectivity index (χ0) is 23.9. The summed E-state index contributed by atoms with van der Waals surface area (Å²) in [5.74, 6) is -7.06. The summed E-state index contributed by atoms with van der Waals surface area (Å²) in [7, 11) is 0. The molecule has 0 aliphatic carbocycles. The summed E-state index contributed by atoms with van der Waals surface area (Å²) in [5.41, 5.74) is 0. The van der Waals surface area contributed by atoms with Crippen LogP contribution in [0.1, 0.15) is 49.5 Å². The summed E-state index contributed by atoms with van der Waals surface area (Å²) in [6.45, 7) is 0.962. The van der Waals surface area contributed by atoms with Crippen LogP contribution in [0.15, 0.2) is 17.8 Å². The summed E-state index contributed by atoms with van der Waals surface area (Å²) in [6, 6.07) is 0. The first kappa shape index (κ1) is 28.7. The maximum absolute atomic E-state index is 13.3. The molecule has 0 fully saturated rings. The highest BCUT2D eigenvalue weighted by atomic mass is 35.5. The summed E-state index contributed by atoms with van der Waals surface area (Å²) in [4.78, 5) is 7.89. The van der Waals surface area contributed by atoms with Crippen molar-refractivity contribution in [2.75, 3.05) is 0 Å². The molecule has 178 valence electrons. The van der Waals surface area contributed by atoms with Gasteiger partial charge in [-0.25, -0.2) is 36.3 Å². The first-order valence-corrected chi connectivity index (χ1v) is 11.9. The minimum absolute atomic E-state index is 0.202. The molecular weight excluding hydrogens is 529 g/mol. The highest BCUT2D eigenvalue weighted by Gasteiger charge is 2.49. The number of halogens is 9. The lowest BCUT2D eigenvalue weighted by atomic mass is 10.1. The van der Waals surface area contributed by atoms with Crippen molar-refractivity contribution in [1.82, 2.24) is 9.97 Å². The van der Waals surface area contributed by atoms with Crippen LogP contribution in [0, 0.1) is 0 Å². The number of rotatable bonds is 10. The Hall–Kier alpha value is -0.290. The molecule has 0 radical (unpaired) electrons. The van der Waals surface area contributed by atoms with E-state index in [4.69, 9.17) is 34.8 Å². The average Bonchev–Trinajstić information content (AvgIpc) is 3.25. The van der Waals surface area contributed by atoms with Crippen LogP contribution in [0.3, 0.4) is 0 Å². The van der Waals surface area contributed by atoms with Gasteiger partial charge in [0.15, 0.2) is 0 Å². The third-order valence-corrected chi connectivity index (χ3v) is 7.11. The first-order valence-electron chi connectivity index (χ1n) is 9.05. The molecule has 2 nitrogen and oxygen atoms in total. The minimum Gasteiger partial charge on any atom is -0.250 e. The topological polar surface area (TPSA) is 25.8 Å². The summed E-state index contributed by atoms with van der Waals surface area (Å²) in [6.07, 6.45) is 3.63. The Kier molecular flexibility index (Phi) is 10.9. The third-order valence-electron chi connectivity index (χ3n) is 4.06. The Morgan fingerprint density at radius 1 is 0.839 bits per heavy atom. The molecule has 13 heteroatoms. The highest BCUT2D eigenvalue weighted by Crippen LogP contribution is 2.40. The summed E-state index contributed by atoms with van der Waals surface area (Å²) in [5, 5.41) is -2.66. The predicted octanol–water partition coefficient (Wildman–Crippen LogP) is 8.70. The molecule has 0 saturated heterocycles. The summed E-state index contributed by atoms with van der Waals surface area (Å²) >= 11 is 18.5. The largest absolute Gasteiger partial charge is 0.292 e. The van der Waals surface area contributed by atoms with Crippen LogP contribution in [0.25, 0.3) is 0 Å². The van der Waals surface area contributed by atoms with Crippen LogP contribution in [-0.4, -0.2) is 32.1 Å². The zero-order valence-corrected chi connectivity index (χ0v) is 20.5. The molecule has 0 spiro atoms. The van der Waals surface area contributed by atoms with Crippen LogP contribution in [0.2, 0.25) is 4.34 Å². The molecular formula is C18H21Cl3F6N2S2. The lowest BCUT2D eigenvalue weighted by molar-refractivity contribution is -0.0824. The zero-order valence-electron chi connectivity index (χ0n) is 16.6. The van der Waals surface area contributed by atoms with E-state index in [0.29, 0.717) is 36.0 Å². The number of aromatic nitrogens is 2. The fourth-order valence-corrected chi connectivity index (χ4v) is 4.07. The molecule has 2 aromatic rings. The second kappa shape index (κ2) is 11.7. The maximum atomic E-state index is 13.3. The monoisotopic (exact) mass is 548 g/mol. The van der Waals surface area contributed by atoms with Gasteiger partial charge in [0.1, 0.15) is 4.34 Å². The third kappa shape index (κ3) is 10.0. The SMILES string of the molecule is CC(F)(F)C(F)(Cl)CCCc1ncc(Cl)s1.CC(F)(F)C(F)(Cl)CCCc1nccs1. The van der Waals surface area contributed by atoms with E-state index < -0.39 is 28.5 Å². The molecule has 0 amide bonds. The van der Waals surface area contributed by atoms with E-state index >= 15 is 0 Å². The van der Waals surface area contributed by atoms with Gasteiger partial charge in [-0.3, -0.25) is 0 Å². The van der Waals surface area contributed by atoms with Crippen molar-refractivity contribution in [1.29, 1.82) is 0 Å². The van der Waals surface area contributed by atoms with Crippen LogP contribution in [0.5, 0.6) is 0 Å². The van der Waals surface area contributed by atoms with Gasteiger partial charge in [0.05, 0.1) is 16.2 Å². The molecule has 2 heterocycles. The fraction of sp³-hybridized carbons (Fsp3) is 0.667. The second-order valence-corrected chi connectivity index (χ2v) is 10.8. The van der Waals surface area contributed by atoms with Crippen molar-refractivity contribution in [2.24, 2.45) is 0 Å². The van der Waals surface area contributed by atoms with Gasteiger partial charge in [0.2, 0.25) is 10.3 Å². The van der Waals surface area contributed by atoms with Crippen LogP contribution in [0.4, 0.5) is 26.3 Å². The van der Waals surface area contributed by atoms with E-state index in [0.717, 1.165) is 5.01 Å². The fourth-order valence-electron chi connectivity index (χ4n) is 2.14. The van der Waals surface area contributed by atoms with E-state index in [1.807, 2.05) is 0 Å². The number of aryl methyl sites for hydroxylation is 2. The van der Waals surface area contributed by atoms with E-state index in [2.05, 4.69) is 9.97 Å². The van der Waals surface area contributed by atoms with Gasteiger partial charge in [-0.1, -0.05) is 34.8 Å². The van der Waals surface area contributed by atoms with Crippen molar-refractivity contribution in [2.45, 2.75) is 74.5 Å². The Balaban J connectivity index is 0.000000311. The molecule has 0 aromatic carbocycles. The van der Waals surface area contributed by atoms with Gasteiger partial charge in [-0.2, -0.15) is 0 Å². The lowest BCUT2D eigenvalue weighted by Crippen LogP contribution is -2.36. The number of hydrogen-bond donors (Lipinski definition) is 0. The first-order chi connectivity index (χ1) is 14.1. The van der Waals surface area contributed by atoms with Gasteiger partial charge in [-0.15, -0.1) is 22.7 Å². The van der Waals surface area contributed by atoms with Crippen LogP contribution in [-0.2, 0) is 12.8 Å². The minimum atomic E-state index is -3.55. The molecule has 0 saturated carbocycles. The van der Waals surface area contributed by atoms with Crippen molar-refractivity contribution in [3.05, 3.63) is 32.1 Å². The maximum Gasteiger partial charge on any atom is 0.292 e. The van der Waals surface area contributed by atoms with Crippen molar-refractivity contribution in [3.63, 3.8) is 0 Å². The number of hydrogen-bond acceptors (Lipinski definition) is 4. The molecule has 2 unspecified atom stereocenters. The smallest absolute Gasteiger partial charge is 0.250 e. The van der Waals surface area contributed by atoms with Gasteiger partial charge >= 0.3 is 0 Å². The van der Waals surface area contributed by atoms with Gasteiger partial charge < -0.3 is 0 Å². The quantitative estimate of drug-likeness (QED) is 0.219. The van der Waals surface area contributed by atoms with Crippen molar-refractivity contribution >= 4 is 57.5 Å². The van der Waals surface area contributed by atoms with Crippen LogP contribution < -0.4 is 0 Å². The lowest BCUT2D eigenvalue weighted by Gasteiger charge is -2.24. The van der Waals surface area contributed by atoms with Gasteiger partial charge in [0, 0.05) is 38.3 Å². The van der Waals surface area contributed by atoms with E-state index in [1.54, 1.807) is 11.6 Å². The molecule has 0 aliphatic rings. The Bertz CT molecular complexity index is 774. The molecule has 0 aliphatic heterocycles. The molecule has 0 bridgehead atoms. The van der Waals surface area contributed by atoms with Crippen molar-refractivity contribution < 1.29 is 26.3 Å². The standard InChI is InChI=1S/C9H10Cl2F3NS.C9H11ClF3NS/c1-8(12,13)9(11,14)4-2-3-7-15-5-6(10)16-7;1-8(11,12)9(10,13)4-2-3-7-14-5-6-15-7/h5H,2-4H2,1H3;5-6H,2-4H2,1H3. The second-order valence-electron chi connectivity index (χ2n) is 6.88. The van der Waals surface area contributed by atoms with Crippen LogP contribution >= 0.6 is 57.5 Å². The molecule has 2 aromatic heterocycles. The Morgan fingerprint density at radius 3 is 1.68 bits per heavy atom. The molecule has 2 rings (SSSR count). The predicted molar refractivity (Wildman–Crippen MR) is 116 cm³/mol. The molecule has 31 heavy (non-hydrogen) atoms. The normalized spacial score (nSPS) is 16.2. The van der Waals surface area contributed by atoms with Crippen molar-refractivity contribution in [3.8, 4) is 0 Å². The molecule has 2 atom stereocenters. The van der Waals surface area contributed by atoms with E-state index in [1.165, 1.54) is 28.9 Å². The molecule has 0 N–H and O–H groups in total. The number of nitrogens with zero attached hydrogens (tertiary/aromatic N) is 2. The Morgan fingerprint density at radius 2 is 1.32 bits per heavy atom. The highest BCUT2D eigenvalue weighted by molar-refractivity contribution is 7.15. The average molecular weight is 550 g/mol. The van der Waals surface area contributed by atoms with Gasteiger partial charge in [0.25, 0.3) is 11.8 Å². The van der Waals surface area contributed by atoms with E-state index in [-0.39, 0.29) is 19.3 Å². The summed E-state index contributed by atoms with van der Waals surface area (Å²) < 4.78 is 77.7. The Labute approximate surface area is 199 Å².